The Bertz CT molecular complexity index is 528. The summed E-state index contributed by atoms with van der Waals surface area (Å²) in [4.78, 5) is 11.8. The Morgan fingerprint density at radius 2 is 2.05 bits per heavy atom. The average Bonchev–Trinajstić information content (AvgIpc) is 2.99. The zero-order chi connectivity index (χ0) is 15.8. The number of carbonyl (C=O) groups excluding carboxylic acids is 1. The van der Waals surface area contributed by atoms with Crippen molar-refractivity contribution < 1.29 is 9.53 Å². The van der Waals surface area contributed by atoms with Crippen LogP contribution < -0.4 is 0 Å². The Labute approximate surface area is 133 Å². The van der Waals surface area contributed by atoms with Crippen LogP contribution in [0.15, 0.2) is 48.1 Å². The van der Waals surface area contributed by atoms with Gasteiger partial charge in [-0.15, -0.1) is 0 Å². The van der Waals surface area contributed by atoms with Gasteiger partial charge in [0.1, 0.15) is 0 Å². The molecule has 1 aliphatic rings. The van der Waals surface area contributed by atoms with Crippen molar-refractivity contribution in [3.05, 3.63) is 53.6 Å². The molecule has 0 heterocycles. The maximum absolute atomic E-state index is 11.8. The zero-order valence-corrected chi connectivity index (χ0v) is 13.6. The van der Waals surface area contributed by atoms with Crippen molar-refractivity contribution in [1.29, 1.82) is 0 Å². The van der Waals surface area contributed by atoms with Crippen LogP contribution in [0.1, 0.15) is 45.1 Å². The van der Waals surface area contributed by atoms with Gasteiger partial charge in [-0.2, -0.15) is 0 Å². The summed E-state index contributed by atoms with van der Waals surface area (Å²) in [6.07, 6.45) is 10.4. The molecule has 0 amide bonds. The van der Waals surface area contributed by atoms with Gasteiger partial charge in [0.05, 0.1) is 6.61 Å². The number of ether oxygens (including phenoxy) is 1. The Morgan fingerprint density at radius 1 is 1.27 bits per heavy atom. The first kappa shape index (κ1) is 16.5. The maximum Gasteiger partial charge on any atom is 0.330 e. The van der Waals surface area contributed by atoms with Gasteiger partial charge in [-0.1, -0.05) is 55.3 Å². The van der Waals surface area contributed by atoms with E-state index in [1.54, 1.807) is 6.08 Å². The zero-order valence-electron chi connectivity index (χ0n) is 13.6. The molecule has 0 saturated heterocycles. The number of carbonyl (C=O) groups is 1. The predicted molar refractivity (Wildman–Crippen MR) is 91.3 cm³/mol. The maximum atomic E-state index is 11.8. The van der Waals surface area contributed by atoms with Gasteiger partial charge >= 0.3 is 5.97 Å². The number of hydrogen-bond donors (Lipinski definition) is 0. The molecule has 2 nitrogen and oxygen atoms in total. The van der Waals surface area contributed by atoms with E-state index in [2.05, 4.69) is 19.9 Å². The fourth-order valence-electron chi connectivity index (χ4n) is 2.94. The third kappa shape index (κ3) is 5.18. The average molecular weight is 298 g/mol. The highest BCUT2D eigenvalue weighted by atomic mass is 16.5. The molecular weight excluding hydrogens is 272 g/mol. The van der Waals surface area contributed by atoms with Gasteiger partial charge in [0, 0.05) is 6.08 Å². The van der Waals surface area contributed by atoms with E-state index in [4.69, 9.17) is 4.74 Å². The molecule has 1 saturated carbocycles. The Kier molecular flexibility index (Phi) is 6.45. The molecule has 2 unspecified atom stereocenters. The number of hydrogen-bond acceptors (Lipinski definition) is 2. The highest BCUT2D eigenvalue weighted by Gasteiger charge is 2.26. The monoisotopic (exact) mass is 298 g/mol. The summed E-state index contributed by atoms with van der Waals surface area (Å²) >= 11 is 0. The first-order valence-corrected chi connectivity index (χ1v) is 8.26. The Balaban J connectivity index is 1.82. The first-order chi connectivity index (χ1) is 10.7. The standard InChI is InChI=1S/C20H26O2/c1-3-16(2)14-18-10-7-11-19(18)15-22-20(21)13-12-17-8-5-4-6-9-17/h4-6,8-9,12-14,18-19H,3,7,10-11,15H2,1-2H3/b13-12+,16-14-. The van der Waals surface area contributed by atoms with E-state index in [0.29, 0.717) is 18.4 Å². The van der Waals surface area contributed by atoms with Crippen molar-refractivity contribution in [3.63, 3.8) is 0 Å². The van der Waals surface area contributed by atoms with E-state index in [1.807, 2.05) is 30.3 Å². The number of allylic oxidation sites excluding steroid dienone is 2. The molecule has 0 bridgehead atoms. The van der Waals surface area contributed by atoms with Gasteiger partial charge in [0.25, 0.3) is 0 Å². The molecule has 1 aromatic rings. The SMILES string of the molecule is CC/C(C)=C\C1CCCC1COC(=O)/C=C/c1ccccc1. The minimum Gasteiger partial charge on any atom is -0.462 e. The van der Waals surface area contributed by atoms with Gasteiger partial charge in [0.15, 0.2) is 0 Å². The molecule has 0 aliphatic heterocycles. The summed E-state index contributed by atoms with van der Waals surface area (Å²) in [5.41, 5.74) is 2.45. The van der Waals surface area contributed by atoms with Crippen LogP contribution in [-0.4, -0.2) is 12.6 Å². The fourth-order valence-corrected chi connectivity index (χ4v) is 2.94. The summed E-state index contributed by atoms with van der Waals surface area (Å²) in [5, 5.41) is 0. The van der Waals surface area contributed by atoms with Crippen molar-refractivity contribution >= 4 is 12.0 Å². The molecule has 1 fully saturated rings. The number of rotatable bonds is 6. The Hall–Kier alpha value is -1.83. The third-order valence-corrected chi connectivity index (χ3v) is 4.43. The van der Waals surface area contributed by atoms with E-state index in [0.717, 1.165) is 18.4 Å². The smallest absolute Gasteiger partial charge is 0.330 e. The summed E-state index contributed by atoms with van der Waals surface area (Å²) in [5.74, 6) is 0.812. The van der Waals surface area contributed by atoms with Crippen molar-refractivity contribution in [1.82, 2.24) is 0 Å². The minimum absolute atomic E-state index is 0.245. The van der Waals surface area contributed by atoms with Gasteiger partial charge in [-0.3, -0.25) is 0 Å². The van der Waals surface area contributed by atoms with Crippen LogP contribution in [0, 0.1) is 11.8 Å². The van der Waals surface area contributed by atoms with Crippen LogP contribution in [0.2, 0.25) is 0 Å². The Morgan fingerprint density at radius 3 is 2.77 bits per heavy atom. The van der Waals surface area contributed by atoms with Crippen molar-refractivity contribution in [2.24, 2.45) is 11.8 Å². The first-order valence-electron chi connectivity index (χ1n) is 8.26. The largest absolute Gasteiger partial charge is 0.462 e. The van der Waals surface area contributed by atoms with Crippen LogP contribution in [0.5, 0.6) is 0 Å². The van der Waals surface area contributed by atoms with Crippen molar-refractivity contribution in [3.8, 4) is 0 Å². The topological polar surface area (TPSA) is 26.3 Å². The third-order valence-electron chi connectivity index (χ3n) is 4.43. The molecule has 1 aromatic carbocycles. The second-order valence-corrected chi connectivity index (χ2v) is 6.10. The van der Waals surface area contributed by atoms with Gasteiger partial charge < -0.3 is 4.74 Å². The molecule has 0 aromatic heterocycles. The van der Waals surface area contributed by atoms with Crippen molar-refractivity contribution in [2.75, 3.05) is 6.61 Å². The van der Waals surface area contributed by atoms with E-state index < -0.39 is 0 Å². The van der Waals surface area contributed by atoms with Gasteiger partial charge in [-0.05, 0) is 49.7 Å². The fraction of sp³-hybridized carbons (Fsp3) is 0.450. The van der Waals surface area contributed by atoms with E-state index in [1.165, 1.54) is 24.5 Å². The van der Waals surface area contributed by atoms with E-state index in [9.17, 15) is 4.79 Å². The molecule has 2 heteroatoms. The molecule has 2 atom stereocenters. The molecule has 2 rings (SSSR count). The summed E-state index contributed by atoms with van der Waals surface area (Å²) in [6, 6.07) is 9.80. The summed E-state index contributed by atoms with van der Waals surface area (Å²) in [6.45, 7) is 4.91. The molecule has 1 aliphatic carbocycles. The number of benzene rings is 1. The lowest BCUT2D eigenvalue weighted by Gasteiger charge is -2.16. The highest BCUT2D eigenvalue weighted by molar-refractivity contribution is 5.87. The van der Waals surface area contributed by atoms with E-state index in [-0.39, 0.29) is 5.97 Å². The van der Waals surface area contributed by atoms with Gasteiger partial charge in [-0.25, -0.2) is 4.79 Å². The molecule has 0 N–H and O–H groups in total. The lowest BCUT2D eigenvalue weighted by Crippen LogP contribution is -2.16. The summed E-state index contributed by atoms with van der Waals surface area (Å²) < 4.78 is 5.44. The number of esters is 1. The van der Waals surface area contributed by atoms with E-state index >= 15 is 0 Å². The second-order valence-electron chi connectivity index (χ2n) is 6.10. The quantitative estimate of drug-likeness (QED) is 0.419. The lowest BCUT2D eigenvalue weighted by atomic mass is 9.94. The van der Waals surface area contributed by atoms with Crippen LogP contribution >= 0.6 is 0 Å². The normalized spacial score (nSPS) is 22.2. The van der Waals surface area contributed by atoms with Crippen LogP contribution in [-0.2, 0) is 9.53 Å². The second kappa shape index (κ2) is 8.57. The molecular formula is C20H26O2. The molecule has 0 spiro atoms. The highest BCUT2D eigenvalue weighted by Crippen LogP contribution is 2.34. The molecule has 118 valence electrons. The molecule has 0 radical (unpaired) electrons. The summed E-state index contributed by atoms with van der Waals surface area (Å²) in [7, 11) is 0. The molecule has 22 heavy (non-hydrogen) atoms. The minimum atomic E-state index is -0.245. The predicted octanol–water partition coefficient (Wildman–Crippen LogP) is 5.02. The van der Waals surface area contributed by atoms with Crippen molar-refractivity contribution in [2.45, 2.75) is 39.5 Å². The van der Waals surface area contributed by atoms with Gasteiger partial charge in [0.2, 0.25) is 0 Å². The van der Waals surface area contributed by atoms with Crippen LogP contribution in [0.25, 0.3) is 6.08 Å². The van der Waals surface area contributed by atoms with Crippen LogP contribution in [0.3, 0.4) is 0 Å². The lowest BCUT2D eigenvalue weighted by molar-refractivity contribution is -0.139. The van der Waals surface area contributed by atoms with Crippen LogP contribution in [0.4, 0.5) is 0 Å².